The predicted molar refractivity (Wildman–Crippen MR) is 110 cm³/mol. The highest BCUT2D eigenvalue weighted by atomic mass is 32.2. The van der Waals surface area contributed by atoms with Gasteiger partial charge in [-0.25, -0.2) is 12.8 Å². The third kappa shape index (κ3) is 5.79. The first kappa shape index (κ1) is 21.9. The van der Waals surface area contributed by atoms with Gasteiger partial charge in [-0.15, -0.1) is 0 Å². The average molecular weight is 407 g/mol. The second-order valence-electron chi connectivity index (χ2n) is 7.05. The SMILES string of the molecule is Cc1ccc(C)c(N([C@H](C)C(=O)NCCCc2ccc(F)cc2)S(C)(=O)=O)c1. The summed E-state index contributed by atoms with van der Waals surface area (Å²) >= 11 is 0. The molecule has 0 aliphatic heterocycles. The fraction of sp³-hybridized carbons (Fsp3) is 0.381. The second-order valence-corrected chi connectivity index (χ2v) is 8.91. The van der Waals surface area contributed by atoms with Gasteiger partial charge < -0.3 is 5.32 Å². The van der Waals surface area contributed by atoms with Crippen LogP contribution in [-0.4, -0.2) is 33.2 Å². The highest BCUT2D eigenvalue weighted by Gasteiger charge is 2.29. The van der Waals surface area contributed by atoms with Gasteiger partial charge in [0.25, 0.3) is 0 Å². The third-order valence-corrected chi connectivity index (χ3v) is 5.77. The van der Waals surface area contributed by atoms with Gasteiger partial charge in [-0.2, -0.15) is 0 Å². The van der Waals surface area contributed by atoms with Crippen molar-refractivity contribution in [1.29, 1.82) is 0 Å². The molecule has 2 rings (SSSR count). The lowest BCUT2D eigenvalue weighted by Crippen LogP contribution is -2.48. The molecule has 0 fully saturated rings. The maximum Gasteiger partial charge on any atom is 0.243 e. The number of benzene rings is 2. The Hall–Kier alpha value is -2.41. The van der Waals surface area contributed by atoms with E-state index in [0.717, 1.165) is 22.9 Å². The van der Waals surface area contributed by atoms with Crippen molar-refractivity contribution in [3.8, 4) is 0 Å². The van der Waals surface area contributed by atoms with E-state index in [-0.39, 0.29) is 11.7 Å². The summed E-state index contributed by atoms with van der Waals surface area (Å²) in [7, 11) is -3.64. The van der Waals surface area contributed by atoms with Crippen LogP contribution in [-0.2, 0) is 21.2 Å². The van der Waals surface area contributed by atoms with Crippen LogP contribution in [0.3, 0.4) is 0 Å². The van der Waals surface area contributed by atoms with Gasteiger partial charge in [-0.05, 0) is 68.5 Å². The molecule has 0 saturated heterocycles. The molecule has 28 heavy (non-hydrogen) atoms. The molecule has 1 N–H and O–H groups in total. The monoisotopic (exact) mass is 406 g/mol. The van der Waals surface area contributed by atoms with E-state index >= 15 is 0 Å². The molecule has 1 atom stereocenters. The highest BCUT2D eigenvalue weighted by Crippen LogP contribution is 2.26. The number of nitrogens with zero attached hydrogens (tertiary/aromatic N) is 1. The lowest BCUT2D eigenvalue weighted by molar-refractivity contribution is -0.121. The van der Waals surface area contributed by atoms with Gasteiger partial charge in [0.05, 0.1) is 11.9 Å². The van der Waals surface area contributed by atoms with Gasteiger partial charge in [0.2, 0.25) is 15.9 Å². The van der Waals surface area contributed by atoms with Gasteiger partial charge in [0.1, 0.15) is 11.9 Å². The van der Waals surface area contributed by atoms with Crippen molar-refractivity contribution in [2.45, 2.75) is 39.7 Å². The summed E-state index contributed by atoms with van der Waals surface area (Å²) in [6.45, 7) is 5.69. The van der Waals surface area contributed by atoms with E-state index in [0.29, 0.717) is 25.1 Å². The van der Waals surface area contributed by atoms with Crippen LogP contribution in [0.4, 0.5) is 10.1 Å². The van der Waals surface area contributed by atoms with E-state index < -0.39 is 16.1 Å². The molecule has 0 aliphatic carbocycles. The zero-order valence-corrected chi connectivity index (χ0v) is 17.5. The number of carbonyl (C=O) groups is 1. The minimum atomic E-state index is -3.64. The van der Waals surface area contributed by atoms with Crippen molar-refractivity contribution in [3.63, 3.8) is 0 Å². The number of aryl methyl sites for hydroxylation is 3. The van der Waals surface area contributed by atoms with Crippen molar-refractivity contribution in [1.82, 2.24) is 5.32 Å². The Labute approximate surface area is 166 Å². The summed E-state index contributed by atoms with van der Waals surface area (Å²) in [6.07, 6.45) is 2.47. The maximum atomic E-state index is 12.9. The van der Waals surface area contributed by atoms with Gasteiger partial charge in [0, 0.05) is 6.54 Å². The molecular formula is C21H27FN2O3S. The Morgan fingerprint density at radius 3 is 2.39 bits per heavy atom. The number of sulfonamides is 1. The number of nitrogens with one attached hydrogen (secondary N) is 1. The average Bonchev–Trinajstić information content (AvgIpc) is 2.62. The fourth-order valence-electron chi connectivity index (χ4n) is 3.04. The van der Waals surface area contributed by atoms with Crippen molar-refractivity contribution < 1.29 is 17.6 Å². The summed E-state index contributed by atoms with van der Waals surface area (Å²) in [5, 5.41) is 2.80. The predicted octanol–water partition coefficient (Wildman–Crippen LogP) is 3.35. The second kappa shape index (κ2) is 9.19. The van der Waals surface area contributed by atoms with Gasteiger partial charge in [0.15, 0.2) is 0 Å². The smallest absolute Gasteiger partial charge is 0.243 e. The zero-order chi connectivity index (χ0) is 20.9. The maximum absolute atomic E-state index is 12.9. The first-order chi connectivity index (χ1) is 13.1. The van der Waals surface area contributed by atoms with Crippen LogP contribution >= 0.6 is 0 Å². The first-order valence-corrected chi connectivity index (χ1v) is 11.0. The van der Waals surface area contributed by atoms with Crippen LogP contribution in [0, 0.1) is 19.7 Å². The lowest BCUT2D eigenvalue weighted by atomic mass is 10.1. The van der Waals surface area contributed by atoms with Gasteiger partial charge >= 0.3 is 0 Å². The first-order valence-electron chi connectivity index (χ1n) is 9.18. The van der Waals surface area contributed by atoms with E-state index in [1.54, 1.807) is 25.1 Å². The normalized spacial score (nSPS) is 12.5. The minimum absolute atomic E-state index is 0.279. The van der Waals surface area contributed by atoms with Gasteiger partial charge in [-0.1, -0.05) is 24.3 Å². The summed E-state index contributed by atoms with van der Waals surface area (Å²) in [5.74, 6) is -0.636. The molecule has 2 aromatic rings. The molecule has 7 heteroatoms. The van der Waals surface area contributed by atoms with Crippen LogP contribution in [0.25, 0.3) is 0 Å². The van der Waals surface area contributed by atoms with Crippen LogP contribution in [0.2, 0.25) is 0 Å². The van der Waals surface area contributed by atoms with E-state index in [4.69, 9.17) is 0 Å². The highest BCUT2D eigenvalue weighted by molar-refractivity contribution is 7.92. The summed E-state index contributed by atoms with van der Waals surface area (Å²) in [6, 6.07) is 10.9. The molecule has 0 heterocycles. The Kier molecular flexibility index (Phi) is 7.18. The largest absolute Gasteiger partial charge is 0.354 e. The molecule has 5 nitrogen and oxygen atoms in total. The number of carbonyl (C=O) groups excluding carboxylic acids is 1. The molecular weight excluding hydrogens is 379 g/mol. The fourth-order valence-corrected chi connectivity index (χ4v) is 4.26. The molecule has 0 aliphatic rings. The quantitative estimate of drug-likeness (QED) is 0.684. The molecule has 152 valence electrons. The Morgan fingerprint density at radius 2 is 1.79 bits per heavy atom. The Balaban J connectivity index is 2.03. The molecule has 0 bridgehead atoms. The van der Waals surface area contributed by atoms with Crippen LogP contribution in [0.1, 0.15) is 30.0 Å². The topological polar surface area (TPSA) is 66.5 Å². The molecule has 2 aromatic carbocycles. The zero-order valence-electron chi connectivity index (χ0n) is 16.7. The van der Waals surface area contributed by atoms with Crippen LogP contribution in [0.5, 0.6) is 0 Å². The Bertz CT molecular complexity index is 927. The van der Waals surface area contributed by atoms with Crippen LogP contribution < -0.4 is 9.62 Å². The number of halogens is 1. The van der Waals surface area contributed by atoms with Crippen molar-refractivity contribution in [2.75, 3.05) is 17.1 Å². The van der Waals surface area contributed by atoms with E-state index in [1.165, 1.54) is 16.4 Å². The molecule has 0 radical (unpaired) electrons. The van der Waals surface area contributed by atoms with Crippen LogP contribution in [0.15, 0.2) is 42.5 Å². The van der Waals surface area contributed by atoms with Crippen molar-refractivity contribution in [2.24, 2.45) is 0 Å². The number of hydrogen-bond acceptors (Lipinski definition) is 3. The molecule has 0 saturated carbocycles. The number of anilines is 1. The third-order valence-electron chi connectivity index (χ3n) is 4.55. The Morgan fingerprint density at radius 1 is 1.14 bits per heavy atom. The summed E-state index contributed by atoms with van der Waals surface area (Å²) in [4.78, 5) is 12.6. The van der Waals surface area contributed by atoms with Gasteiger partial charge in [-0.3, -0.25) is 9.10 Å². The molecule has 0 unspecified atom stereocenters. The molecule has 0 spiro atoms. The minimum Gasteiger partial charge on any atom is -0.354 e. The van der Waals surface area contributed by atoms with Crippen molar-refractivity contribution in [3.05, 3.63) is 65.0 Å². The molecule has 0 aromatic heterocycles. The number of rotatable bonds is 8. The van der Waals surface area contributed by atoms with E-state index in [2.05, 4.69) is 5.32 Å². The van der Waals surface area contributed by atoms with E-state index in [1.807, 2.05) is 26.0 Å². The number of amides is 1. The standard InChI is InChI=1S/C21H27FN2O3S/c1-15-7-8-16(2)20(14-15)24(28(4,26)27)17(3)21(25)23-13-5-6-18-9-11-19(22)12-10-18/h7-12,14,17H,5-6,13H2,1-4H3,(H,23,25)/t17-/m1/s1. The van der Waals surface area contributed by atoms with E-state index in [9.17, 15) is 17.6 Å². The number of hydrogen-bond donors (Lipinski definition) is 1. The van der Waals surface area contributed by atoms with Crippen molar-refractivity contribution >= 4 is 21.6 Å². The lowest BCUT2D eigenvalue weighted by Gasteiger charge is -2.29. The summed E-state index contributed by atoms with van der Waals surface area (Å²) < 4.78 is 38.9. The summed E-state index contributed by atoms with van der Waals surface area (Å²) in [5.41, 5.74) is 3.20. The molecule has 1 amide bonds.